The van der Waals surface area contributed by atoms with Crippen LogP contribution in [-0.2, 0) is 19.7 Å². The van der Waals surface area contributed by atoms with E-state index in [-0.39, 0.29) is 30.1 Å². The van der Waals surface area contributed by atoms with Crippen molar-refractivity contribution in [2.45, 2.75) is 45.6 Å². The first-order valence-corrected chi connectivity index (χ1v) is 12.6. The Bertz CT molecular complexity index is 1290. The van der Waals surface area contributed by atoms with Gasteiger partial charge in [-0.25, -0.2) is 0 Å². The number of anilines is 1. The van der Waals surface area contributed by atoms with Crippen LogP contribution in [0.5, 0.6) is 17.2 Å². The quantitative estimate of drug-likeness (QED) is 0.272. The Hall–Kier alpha value is -4.13. The maximum Gasteiger partial charge on any atom is 0.312 e. The van der Waals surface area contributed by atoms with Crippen LogP contribution >= 0.6 is 0 Å². The molecule has 1 fully saturated rings. The summed E-state index contributed by atoms with van der Waals surface area (Å²) in [5.41, 5.74) is 2.38. The van der Waals surface area contributed by atoms with Crippen LogP contribution in [0.1, 0.15) is 50.0 Å². The first kappa shape index (κ1) is 26.9. The summed E-state index contributed by atoms with van der Waals surface area (Å²) in [5.74, 6) is 0.304. The fraction of sp³-hybridized carbons (Fsp3) is 0.323. The summed E-state index contributed by atoms with van der Waals surface area (Å²) in [5, 5.41) is 0. The second-order valence-electron chi connectivity index (χ2n) is 10.4. The predicted molar refractivity (Wildman–Crippen MR) is 145 cm³/mol. The molecule has 7 heteroatoms. The lowest BCUT2D eigenvalue weighted by molar-refractivity contribution is -0.151. The second-order valence-corrected chi connectivity index (χ2v) is 10.4. The van der Waals surface area contributed by atoms with Gasteiger partial charge in [0.05, 0.1) is 13.0 Å². The third-order valence-corrected chi connectivity index (χ3v) is 6.60. The summed E-state index contributed by atoms with van der Waals surface area (Å²) in [6.45, 7) is 8.21. The lowest BCUT2D eigenvalue weighted by atomic mass is 9.87. The van der Waals surface area contributed by atoms with Gasteiger partial charge in [-0.2, -0.15) is 0 Å². The van der Waals surface area contributed by atoms with Crippen LogP contribution in [0.15, 0.2) is 72.8 Å². The SMILES string of the molecule is COc1ccc(C(=O)[C@H](C)OC(=O)[C@@H]2CC(=O)N(c3ccc(Oc4ccc(C(C)(C)C)cc4)cc3)C2)cc1. The smallest absolute Gasteiger partial charge is 0.312 e. The molecule has 1 heterocycles. The minimum atomic E-state index is -0.964. The Morgan fingerprint density at radius 1 is 0.868 bits per heavy atom. The number of esters is 1. The zero-order chi connectivity index (χ0) is 27.4. The summed E-state index contributed by atoms with van der Waals surface area (Å²) >= 11 is 0. The predicted octanol–water partition coefficient (Wildman–Crippen LogP) is 5.95. The van der Waals surface area contributed by atoms with Crippen molar-refractivity contribution >= 4 is 23.3 Å². The summed E-state index contributed by atoms with van der Waals surface area (Å²) in [6.07, 6.45) is -0.936. The van der Waals surface area contributed by atoms with Crippen LogP contribution in [0.3, 0.4) is 0 Å². The third-order valence-electron chi connectivity index (χ3n) is 6.60. The minimum absolute atomic E-state index is 0.0284. The van der Waals surface area contributed by atoms with E-state index in [9.17, 15) is 14.4 Å². The van der Waals surface area contributed by atoms with Crippen molar-refractivity contribution in [3.8, 4) is 17.2 Å². The van der Waals surface area contributed by atoms with Gasteiger partial charge in [0.15, 0.2) is 6.10 Å². The molecule has 0 bridgehead atoms. The Morgan fingerprint density at radius 2 is 1.42 bits per heavy atom. The van der Waals surface area contributed by atoms with E-state index >= 15 is 0 Å². The molecule has 0 aromatic heterocycles. The summed E-state index contributed by atoms with van der Waals surface area (Å²) in [6, 6.07) is 21.8. The van der Waals surface area contributed by atoms with Crippen LogP contribution < -0.4 is 14.4 Å². The molecule has 0 aliphatic carbocycles. The molecule has 3 aromatic rings. The normalized spacial score (nSPS) is 16.2. The van der Waals surface area contributed by atoms with Crippen molar-refractivity contribution in [2.24, 2.45) is 5.92 Å². The zero-order valence-electron chi connectivity index (χ0n) is 22.4. The van der Waals surface area contributed by atoms with E-state index < -0.39 is 18.0 Å². The highest BCUT2D eigenvalue weighted by Gasteiger charge is 2.37. The molecule has 198 valence electrons. The number of carbonyl (C=O) groups excluding carboxylic acids is 3. The molecule has 0 saturated carbocycles. The van der Waals surface area contributed by atoms with E-state index in [1.54, 1.807) is 60.5 Å². The molecule has 2 atom stereocenters. The fourth-order valence-corrected chi connectivity index (χ4v) is 4.28. The molecule has 0 spiro atoms. The van der Waals surface area contributed by atoms with E-state index in [0.717, 1.165) is 5.75 Å². The highest BCUT2D eigenvalue weighted by molar-refractivity contribution is 6.02. The van der Waals surface area contributed by atoms with Crippen molar-refractivity contribution in [2.75, 3.05) is 18.6 Å². The van der Waals surface area contributed by atoms with E-state index in [0.29, 0.717) is 22.7 Å². The number of benzene rings is 3. The molecule has 1 aliphatic heterocycles. The van der Waals surface area contributed by atoms with Crippen LogP contribution in [0.2, 0.25) is 0 Å². The number of nitrogens with zero attached hydrogens (tertiary/aromatic N) is 1. The Kier molecular flexibility index (Phi) is 7.86. The average Bonchev–Trinajstić information content (AvgIpc) is 3.30. The number of methoxy groups -OCH3 is 1. The first-order valence-electron chi connectivity index (χ1n) is 12.6. The van der Waals surface area contributed by atoms with Gasteiger partial charge in [0, 0.05) is 24.2 Å². The molecule has 1 amide bonds. The standard InChI is InChI=1S/C31H33NO6/c1-20(29(34)21-6-12-25(36-5)13-7-21)37-30(35)22-18-28(33)32(19-22)24-10-16-27(17-11-24)38-26-14-8-23(9-15-26)31(2,3)4/h6-17,20,22H,18-19H2,1-5H3/t20-,22+/m0/s1. The summed E-state index contributed by atoms with van der Waals surface area (Å²) in [7, 11) is 1.54. The van der Waals surface area contributed by atoms with Crippen LogP contribution in [0.4, 0.5) is 5.69 Å². The molecule has 3 aromatic carbocycles. The topological polar surface area (TPSA) is 82.1 Å². The largest absolute Gasteiger partial charge is 0.497 e. The number of carbonyl (C=O) groups is 3. The molecular weight excluding hydrogens is 482 g/mol. The van der Waals surface area contributed by atoms with Crippen molar-refractivity contribution in [3.63, 3.8) is 0 Å². The van der Waals surface area contributed by atoms with Crippen molar-refractivity contribution < 1.29 is 28.6 Å². The molecular formula is C31H33NO6. The van der Waals surface area contributed by atoms with Crippen molar-refractivity contribution in [1.29, 1.82) is 0 Å². The molecule has 38 heavy (non-hydrogen) atoms. The van der Waals surface area contributed by atoms with E-state index in [2.05, 4.69) is 32.9 Å². The van der Waals surface area contributed by atoms with Crippen LogP contribution in [-0.4, -0.2) is 37.4 Å². The number of hydrogen-bond donors (Lipinski definition) is 0. The van der Waals surface area contributed by atoms with E-state index in [4.69, 9.17) is 14.2 Å². The molecule has 0 unspecified atom stereocenters. The monoisotopic (exact) mass is 515 g/mol. The van der Waals surface area contributed by atoms with Crippen molar-refractivity contribution in [3.05, 3.63) is 83.9 Å². The summed E-state index contributed by atoms with van der Waals surface area (Å²) in [4.78, 5) is 39.7. The number of ether oxygens (including phenoxy) is 3. The minimum Gasteiger partial charge on any atom is -0.497 e. The van der Waals surface area contributed by atoms with Crippen LogP contribution in [0.25, 0.3) is 0 Å². The Morgan fingerprint density at radius 3 is 1.97 bits per heavy atom. The first-order chi connectivity index (χ1) is 18.0. The molecule has 1 saturated heterocycles. The molecule has 7 nitrogen and oxygen atoms in total. The Labute approximate surface area is 223 Å². The zero-order valence-corrected chi connectivity index (χ0v) is 22.4. The highest BCUT2D eigenvalue weighted by atomic mass is 16.5. The fourth-order valence-electron chi connectivity index (χ4n) is 4.28. The number of amides is 1. The van der Waals surface area contributed by atoms with Gasteiger partial charge in [-0.3, -0.25) is 14.4 Å². The van der Waals surface area contributed by atoms with Crippen molar-refractivity contribution in [1.82, 2.24) is 0 Å². The van der Waals surface area contributed by atoms with Gasteiger partial charge in [0.1, 0.15) is 17.2 Å². The Balaban J connectivity index is 1.34. The van der Waals surface area contributed by atoms with Gasteiger partial charge in [0.2, 0.25) is 11.7 Å². The van der Waals surface area contributed by atoms with E-state index in [1.165, 1.54) is 12.5 Å². The molecule has 1 aliphatic rings. The maximum atomic E-state index is 12.8. The maximum absolute atomic E-state index is 12.8. The second kappa shape index (κ2) is 11.1. The third kappa shape index (κ3) is 6.22. The average molecular weight is 516 g/mol. The van der Waals surface area contributed by atoms with Gasteiger partial charge >= 0.3 is 5.97 Å². The molecule has 4 rings (SSSR count). The molecule has 0 radical (unpaired) electrons. The van der Waals surface area contributed by atoms with Gasteiger partial charge in [-0.05, 0) is 78.6 Å². The number of ketones is 1. The highest BCUT2D eigenvalue weighted by Crippen LogP contribution is 2.31. The van der Waals surface area contributed by atoms with Crippen LogP contribution in [0, 0.1) is 5.92 Å². The van der Waals surface area contributed by atoms with E-state index in [1.807, 2.05) is 12.1 Å². The number of rotatable bonds is 8. The lowest BCUT2D eigenvalue weighted by Crippen LogP contribution is -2.30. The van der Waals surface area contributed by atoms with Gasteiger partial charge in [-0.15, -0.1) is 0 Å². The molecule has 0 N–H and O–H groups in total. The van der Waals surface area contributed by atoms with Gasteiger partial charge in [0.25, 0.3) is 0 Å². The van der Waals surface area contributed by atoms with Gasteiger partial charge in [-0.1, -0.05) is 32.9 Å². The number of Topliss-reactive ketones (excluding diaryl/α,β-unsaturated/α-hetero) is 1. The number of hydrogen-bond acceptors (Lipinski definition) is 6. The van der Waals surface area contributed by atoms with Gasteiger partial charge < -0.3 is 19.1 Å². The lowest BCUT2D eigenvalue weighted by Gasteiger charge is -2.19. The summed E-state index contributed by atoms with van der Waals surface area (Å²) < 4.78 is 16.5.